The molecule has 1 amide bonds. The normalized spacial score (nSPS) is 17.1. The van der Waals surface area contributed by atoms with Crippen molar-refractivity contribution in [1.29, 1.82) is 0 Å². The Bertz CT molecular complexity index is 909. The number of hydrogen-bond acceptors (Lipinski definition) is 7. The number of furan rings is 1. The third-order valence-electron chi connectivity index (χ3n) is 4.75. The van der Waals surface area contributed by atoms with Gasteiger partial charge in [-0.25, -0.2) is 4.98 Å². The van der Waals surface area contributed by atoms with Crippen LogP contribution in [-0.4, -0.2) is 61.6 Å². The lowest BCUT2D eigenvalue weighted by atomic mass is 10.1. The van der Waals surface area contributed by atoms with E-state index in [9.17, 15) is 9.90 Å². The molecule has 8 nitrogen and oxygen atoms in total. The third kappa shape index (κ3) is 2.86. The van der Waals surface area contributed by atoms with Gasteiger partial charge in [-0.1, -0.05) is 18.3 Å². The van der Waals surface area contributed by atoms with Crippen LogP contribution in [0.5, 0.6) is 5.88 Å². The van der Waals surface area contributed by atoms with Crippen molar-refractivity contribution in [3.05, 3.63) is 34.9 Å². The molecule has 1 fully saturated rings. The van der Waals surface area contributed by atoms with Gasteiger partial charge in [0.1, 0.15) is 11.8 Å². The van der Waals surface area contributed by atoms with Gasteiger partial charge in [0.2, 0.25) is 16.7 Å². The fourth-order valence-corrected chi connectivity index (χ4v) is 4.45. The first kappa shape index (κ1) is 17.0. The van der Waals surface area contributed by atoms with E-state index in [1.807, 2.05) is 24.0 Å². The highest BCUT2D eigenvalue weighted by molar-refractivity contribution is 7.17. The Balaban J connectivity index is 1.70. The van der Waals surface area contributed by atoms with Gasteiger partial charge in [0.25, 0.3) is 0 Å². The van der Waals surface area contributed by atoms with Crippen molar-refractivity contribution < 1.29 is 14.3 Å². The first-order chi connectivity index (χ1) is 12.6. The summed E-state index contributed by atoms with van der Waals surface area (Å²) in [6.07, 6.45) is 2.36. The molecule has 3 aromatic rings. The maximum Gasteiger partial charge on any atom is 0.230 e. The van der Waals surface area contributed by atoms with Crippen molar-refractivity contribution in [2.45, 2.75) is 26.3 Å². The summed E-state index contributed by atoms with van der Waals surface area (Å²) in [5.41, 5.74) is 0. The number of aromatic hydroxyl groups is 1. The highest BCUT2D eigenvalue weighted by atomic mass is 32.1. The minimum Gasteiger partial charge on any atom is -0.492 e. The smallest absolute Gasteiger partial charge is 0.230 e. The van der Waals surface area contributed by atoms with Gasteiger partial charge in [-0.15, -0.1) is 5.10 Å². The molecule has 0 radical (unpaired) electrons. The molecular weight excluding hydrogens is 354 g/mol. The number of carbonyl (C=O) groups excluding carboxylic acids is 1. The number of aromatic nitrogens is 3. The van der Waals surface area contributed by atoms with Gasteiger partial charge in [0, 0.05) is 39.5 Å². The van der Waals surface area contributed by atoms with Crippen LogP contribution in [0.25, 0.3) is 4.96 Å². The zero-order chi connectivity index (χ0) is 18.3. The molecule has 0 aromatic carbocycles. The molecule has 0 saturated carbocycles. The summed E-state index contributed by atoms with van der Waals surface area (Å²) in [6.45, 7) is 6.31. The van der Waals surface area contributed by atoms with Gasteiger partial charge in [-0.3, -0.25) is 9.69 Å². The number of hydrogen-bond donors (Lipinski definition) is 1. The molecule has 9 heteroatoms. The highest BCUT2D eigenvalue weighted by Crippen LogP contribution is 2.40. The van der Waals surface area contributed by atoms with Gasteiger partial charge in [0.15, 0.2) is 5.82 Å². The van der Waals surface area contributed by atoms with E-state index in [1.54, 1.807) is 13.2 Å². The van der Waals surface area contributed by atoms with Gasteiger partial charge < -0.3 is 14.4 Å². The van der Waals surface area contributed by atoms with Crippen LogP contribution in [0.4, 0.5) is 0 Å². The Morgan fingerprint density at radius 3 is 2.73 bits per heavy atom. The summed E-state index contributed by atoms with van der Waals surface area (Å²) in [7, 11) is 0. The van der Waals surface area contributed by atoms with Gasteiger partial charge in [0.05, 0.1) is 11.1 Å². The van der Waals surface area contributed by atoms with Gasteiger partial charge in [-0.05, 0) is 12.1 Å². The summed E-state index contributed by atoms with van der Waals surface area (Å²) in [4.78, 5) is 21.6. The van der Waals surface area contributed by atoms with Crippen LogP contribution in [0.3, 0.4) is 0 Å². The molecule has 3 aromatic heterocycles. The predicted octanol–water partition coefficient (Wildman–Crippen LogP) is 1.91. The summed E-state index contributed by atoms with van der Waals surface area (Å²) in [5.74, 6) is 1.67. The largest absolute Gasteiger partial charge is 0.492 e. The number of aryl methyl sites for hydroxylation is 1. The van der Waals surface area contributed by atoms with E-state index in [4.69, 9.17) is 4.42 Å². The first-order valence-corrected chi connectivity index (χ1v) is 9.50. The predicted molar refractivity (Wildman–Crippen MR) is 96.3 cm³/mol. The van der Waals surface area contributed by atoms with Crippen molar-refractivity contribution in [1.82, 2.24) is 24.4 Å². The van der Waals surface area contributed by atoms with Crippen molar-refractivity contribution in [2.24, 2.45) is 0 Å². The number of fused-ring (bicyclic) bond motifs is 1. The van der Waals surface area contributed by atoms with Crippen molar-refractivity contribution in [3.63, 3.8) is 0 Å². The monoisotopic (exact) mass is 375 g/mol. The molecule has 1 N–H and O–H groups in total. The van der Waals surface area contributed by atoms with Gasteiger partial charge >= 0.3 is 0 Å². The van der Waals surface area contributed by atoms with Crippen molar-refractivity contribution >= 4 is 22.2 Å². The molecule has 1 atom stereocenters. The van der Waals surface area contributed by atoms with Crippen LogP contribution in [-0.2, 0) is 11.2 Å². The Morgan fingerprint density at radius 1 is 1.38 bits per heavy atom. The number of rotatable bonds is 4. The highest BCUT2D eigenvalue weighted by Gasteiger charge is 2.33. The fraction of sp³-hybridized carbons (Fsp3) is 0.471. The molecule has 138 valence electrons. The molecule has 0 spiro atoms. The average molecular weight is 375 g/mol. The number of carbonyl (C=O) groups is 1. The molecule has 0 bridgehead atoms. The Labute approximate surface area is 154 Å². The SMILES string of the molecule is CCc1nc2sc(C(c3ccco3)N3CCN(C(C)=O)CC3)c(O)n2n1. The quantitative estimate of drug-likeness (QED) is 0.749. The van der Waals surface area contributed by atoms with E-state index >= 15 is 0 Å². The van der Waals surface area contributed by atoms with Crippen LogP contribution in [0.2, 0.25) is 0 Å². The molecule has 26 heavy (non-hydrogen) atoms. The zero-order valence-electron chi connectivity index (χ0n) is 14.8. The summed E-state index contributed by atoms with van der Waals surface area (Å²) in [6, 6.07) is 3.53. The molecule has 4 rings (SSSR count). The minimum atomic E-state index is -0.224. The van der Waals surface area contributed by atoms with E-state index in [-0.39, 0.29) is 17.8 Å². The number of amides is 1. The van der Waals surface area contributed by atoms with Crippen LogP contribution < -0.4 is 0 Å². The molecule has 4 heterocycles. The van der Waals surface area contributed by atoms with E-state index < -0.39 is 0 Å². The van der Waals surface area contributed by atoms with Crippen LogP contribution in [0.15, 0.2) is 22.8 Å². The maximum absolute atomic E-state index is 11.6. The molecule has 1 aliphatic heterocycles. The molecule has 1 saturated heterocycles. The average Bonchev–Trinajstić information content (AvgIpc) is 3.35. The molecule has 1 aliphatic rings. The van der Waals surface area contributed by atoms with E-state index in [0.29, 0.717) is 37.0 Å². The minimum absolute atomic E-state index is 0.0907. The lowest BCUT2D eigenvalue weighted by molar-refractivity contribution is -0.130. The van der Waals surface area contributed by atoms with E-state index in [0.717, 1.165) is 17.1 Å². The number of nitrogens with zero attached hydrogens (tertiary/aromatic N) is 5. The lowest BCUT2D eigenvalue weighted by Gasteiger charge is -2.37. The van der Waals surface area contributed by atoms with Crippen molar-refractivity contribution in [2.75, 3.05) is 26.2 Å². The third-order valence-corrected chi connectivity index (χ3v) is 5.82. The van der Waals surface area contributed by atoms with Crippen LogP contribution in [0, 0.1) is 0 Å². The van der Waals surface area contributed by atoms with E-state index in [2.05, 4.69) is 15.0 Å². The second kappa shape index (κ2) is 6.73. The van der Waals surface area contributed by atoms with Crippen molar-refractivity contribution in [3.8, 4) is 5.88 Å². The maximum atomic E-state index is 11.6. The standard InChI is InChI=1S/C17H21N5O3S/c1-3-13-18-17-22(19-13)16(24)15(26-17)14(12-5-4-10-25-12)21-8-6-20(7-9-21)11(2)23/h4-5,10,14,24H,3,6-9H2,1-2H3. The Hall–Kier alpha value is -2.39. The second-order valence-corrected chi connectivity index (χ2v) is 7.33. The summed E-state index contributed by atoms with van der Waals surface area (Å²) < 4.78 is 7.17. The number of piperazine rings is 1. The summed E-state index contributed by atoms with van der Waals surface area (Å²) in [5, 5.41) is 15.1. The second-order valence-electron chi connectivity index (χ2n) is 6.33. The van der Waals surface area contributed by atoms with Crippen LogP contribution in [0.1, 0.15) is 36.4 Å². The van der Waals surface area contributed by atoms with Gasteiger partial charge in [-0.2, -0.15) is 4.52 Å². The molecular formula is C17H21N5O3S. The zero-order valence-corrected chi connectivity index (χ0v) is 15.6. The molecule has 1 unspecified atom stereocenters. The van der Waals surface area contributed by atoms with Crippen LogP contribution >= 0.6 is 11.3 Å². The molecule has 0 aliphatic carbocycles. The summed E-state index contributed by atoms with van der Waals surface area (Å²) >= 11 is 1.42. The fourth-order valence-electron chi connectivity index (χ4n) is 3.34. The lowest BCUT2D eigenvalue weighted by Crippen LogP contribution is -2.49. The van der Waals surface area contributed by atoms with E-state index in [1.165, 1.54) is 15.9 Å². The number of thiazole rings is 1. The Morgan fingerprint density at radius 2 is 2.15 bits per heavy atom. The first-order valence-electron chi connectivity index (χ1n) is 8.68. The topological polar surface area (TPSA) is 87.1 Å². The Kier molecular flexibility index (Phi) is 4.41.